The SMILES string of the molecule is Cc1cc(-n2nnc(C(=O)NCc3ccccc3)c2-c2ccncc2)ccc1F. The van der Waals surface area contributed by atoms with E-state index < -0.39 is 0 Å². The van der Waals surface area contributed by atoms with Crippen molar-refractivity contribution in [3.05, 3.63) is 95.7 Å². The monoisotopic (exact) mass is 387 g/mol. The van der Waals surface area contributed by atoms with Crippen LogP contribution in [0, 0.1) is 12.7 Å². The number of pyridine rings is 1. The molecule has 0 aliphatic carbocycles. The molecule has 0 unspecified atom stereocenters. The van der Waals surface area contributed by atoms with E-state index in [9.17, 15) is 9.18 Å². The van der Waals surface area contributed by atoms with Crippen LogP contribution in [0.25, 0.3) is 16.9 Å². The molecule has 0 saturated carbocycles. The van der Waals surface area contributed by atoms with Gasteiger partial charge in [-0.2, -0.15) is 0 Å². The van der Waals surface area contributed by atoms with Crippen molar-refractivity contribution in [1.82, 2.24) is 25.3 Å². The molecule has 0 spiro atoms. The number of rotatable bonds is 5. The van der Waals surface area contributed by atoms with E-state index in [1.54, 1.807) is 48.3 Å². The molecule has 0 saturated heterocycles. The van der Waals surface area contributed by atoms with E-state index in [0.29, 0.717) is 23.5 Å². The highest BCUT2D eigenvalue weighted by atomic mass is 19.1. The minimum Gasteiger partial charge on any atom is -0.346 e. The van der Waals surface area contributed by atoms with Gasteiger partial charge >= 0.3 is 0 Å². The molecule has 144 valence electrons. The van der Waals surface area contributed by atoms with Gasteiger partial charge in [0.25, 0.3) is 5.91 Å². The summed E-state index contributed by atoms with van der Waals surface area (Å²) in [6.45, 7) is 2.05. The number of carbonyl (C=O) groups is 1. The van der Waals surface area contributed by atoms with Gasteiger partial charge in [0.15, 0.2) is 5.69 Å². The lowest BCUT2D eigenvalue weighted by Crippen LogP contribution is -2.24. The maximum Gasteiger partial charge on any atom is 0.274 e. The normalized spacial score (nSPS) is 10.7. The molecule has 0 aliphatic rings. The molecule has 0 atom stereocenters. The Morgan fingerprint density at radius 1 is 1.07 bits per heavy atom. The van der Waals surface area contributed by atoms with Crippen LogP contribution in [-0.2, 0) is 6.54 Å². The Morgan fingerprint density at radius 2 is 1.83 bits per heavy atom. The third-order valence-corrected chi connectivity index (χ3v) is 4.52. The molecule has 1 N–H and O–H groups in total. The molecule has 6 nitrogen and oxygen atoms in total. The summed E-state index contributed by atoms with van der Waals surface area (Å²) in [7, 11) is 0. The van der Waals surface area contributed by atoms with Gasteiger partial charge in [-0.3, -0.25) is 9.78 Å². The lowest BCUT2D eigenvalue weighted by molar-refractivity contribution is 0.0946. The predicted molar refractivity (Wildman–Crippen MR) is 107 cm³/mol. The van der Waals surface area contributed by atoms with Gasteiger partial charge < -0.3 is 5.32 Å². The average Bonchev–Trinajstić information content (AvgIpc) is 3.20. The Hall–Kier alpha value is -3.87. The highest BCUT2D eigenvalue weighted by Gasteiger charge is 2.22. The van der Waals surface area contributed by atoms with Crippen LogP contribution >= 0.6 is 0 Å². The second-order valence-electron chi connectivity index (χ2n) is 6.54. The second kappa shape index (κ2) is 8.02. The molecule has 7 heteroatoms. The van der Waals surface area contributed by atoms with Gasteiger partial charge in [-0.1, -0.05) is 35.5 Å². The van der Waals surface area contributed by atoms with E-state index in [4.69, 9.17) is 0 Å². The Labute approximate surface area is 167 Å². The number of aromatic nitrogens is 4. The fourth-order valence-corrected chi connectivity index (χ4v) is 3.01. The summed E-state index contributed by atoms with van der Waals surface area (Å²) in [6.07, 6.45) is 3.27. The van der Waals surface area contributed by atoms with Crippen molar-refractivity contribution in [2.24, 2.45) is 0 Å². The summed E-state index contributed by atoms with van der Waals surface area (Å²) in [5.41, 5.74) is 3.52. The van der Waals surface area contributed by atoms with E-state index in [1.807, 2.05) is 30.3 Å². The van der Waals surface area contributed by atoms with Crippen LogP contribution < -0.4 is 5.32 Å². The van der Waals surface area contributed by atoms with Crippen molar-refractivity contribution >= 4 is 5.91 Å². The summed E-state index contributed by atoms with van der Waals surface area (Å²) in [4.78, 5) is 16.9. The Bertz CT molecular complexity index is 1140. The highest BCUT2D eigenvalue weighted by molar-refractivity contribution is 5.98. The number of aryl methyl sites for hydroxylation is 1. The fraction of sp³-hybridized carbons (Fsp3) is 0.0909. The summed E-state index contributed by atoms with van der Waals surface area (Å²) < 4.78 is 15.3. The number of halogens is 1. The first kappa shape index (κ1) is 18.5. The van der Waals surface area contributed by atoms with Crippen LogP contribution in [0.3, 0.4) is 0 Å². The van der Waals surface area contributed by atoms with Crippen molar-refractivity contribution in [1.29, 1.82) is 0 Å². The van der Waals surface area contributed by atoms with Gasteiger partial charge in [-0.05, 0) is 48.4 Å². The Morgan fingerprint density at radius 3 is 2.55 bits per heavy atom. The third-order valence-electron chi connectivity index (χ3n) is 4.52. The number of nitrogens with one attached hydrogen (secondary N) is 1. The molecule has 0 radical (unpaired) electrons. The van der Waals surface area contributed by atoms with Crippen molar-refractivity contribution in [3.63, 3.8) is 0 Å². The molecule has 29 heavy (non-hydrogen) atoms. The number of carbonyl (C=O) groups excluding carboxylic acids is 1. The molecule has 1 amide bonds. The van der Waals surface area contributed by atoms with E-state index in [-0.39, 0.29) is 17.4 Å². The molecule has 2 aromatic carbocycles. The molecule has 4 aromatic rings. The lowest BCUT2D eigenvalue weighted by Gasteiger charge is -2.10. The zero-order chi connectivity index (χ0) is 20.2. The summed E-state index contributed by atoms with van der Waals surface area (Å²) in [5, 5.41) is 11.2. The molecule has 4 rings (SSSR count). The first-order valence-corrected chi connectivity index (χ1v) is 9.08. The van der Waals surface area contributed by atoms with Gasteiger partial charge in [0.2, 0.25) is 0 Å². The second-order valence-corrected chi connectivity index (χ2v) is 6.54. The number of benzene rings is 2. The summed E-state index contributed by atoms with van der Waals surface area (Å²) in [5.74, 6) is -0.647. The van der Waals surface area contributed by atoms with Crippen molar-refractivity contribution < 1.29 is 9.18 Å². The van der Waals surface area contributed by atoms with Crippen LogP contribution in [0.15, 0.2) is 73.1 Å². The van der Waals surface area contributed by atoms with Crippen LogP contribution in [0.4, 0.5) is 4.39 Å². The maximum atomic E-state index is 13.7. The first-order valence-electron chi connectivity index (χ1n) is 9.08. The molecule has 0 bridgehead atoms. The van der Waals surface area contributed by atoms with E-state index in [0.717, 1.165) is 11.1 Å². The standard InChI is InChI=1S/C22H18FN5O/c1-15-13-18(7-8-19(15)23)28-21(17-9-11-24-12-10-17)20(26-27-28)22(29)25-14-16-5-3-2-4-6-16/h2-13H,14H2,1H3,(H,25,29). The topological polar surface area (TPSA) is 72.7 Å². The molecule has 2 heterocycles. The minimum atomic E-state index is -0.342. The van der Waals surface area contributed by atoms with Crippen molar-refractivity contribution in [2.45, 2.75) is 13.5 Å². The number of nitrogens with zero attached hydrogens (tertiary/aromatic N) is 4. The molecular weight excluding hydrogens is 369 g/mol. The van der Waals surface area contributed by atoms with Gasteiger partial charge in [-0.15, -0.1) is 5.10 Å². The maximum absolute atomic E-state index is 13.7. The van der Waals surface area contributed by atoms with Crippen LogP contribution in [0.1, 0.15) is 21.6 Å². The first-order chi connectivity index (χ1) is 14.1. The van der Waals surface area contributed by atoms with Gasteiger partial charge in [0, 0.05) is 24.5 Å². The smallest absolute Gasteiger partial charge is 0.274 e. The Balaban J connectivity index is 1.73. The fourth-order valence-electron chi connectivity index (χ4n) is 3.01. The van der Waals surface area contributed by atoms with E-state index in [1.165, 1.54) is 6.07 Å². The van der Waals surface area contributed by atoms with Crippen molar-refractivity contribution in [3.8, 4) is 16.9 Å². The van der Waals surface area contributed by atoms with Crippen LogP contribution in [0.2, 0.25) is 0 Å². The van der Waals surface area contributed by atoms with E-state index >= 15 is 0 Å². The quantitative estimate of drug-likeness (QED) is 0.567. The molecular formula is C22H18FN5O. The molecule has 0 aliphatic heterocycles. The van der Waals surface area contributed by atoms with Crippen LogP contribution in [0.5, 0.6) is 0 Å². The number of hydrogen-bond donors (Lipinski definition) is 1. The Kier molecular flexibility index (Phi) is 5.11. The zero-order valence-electron chi connectivity index (χ0n) is 15.7. The number of hydrogen-bond acceptors (Lipinski definition) is 4. The third kappa shape index (κ3) is 3.89. The zero-order valence-corrected chi connectivity index (χ0v) is 15.7. The molecule has 0 fully saturated rings. The predicted octanol–water partition coefficient (Wildman–Crippen LogP) is 3.71. The summed E-state index contributed by atoms with van der Waals surface area (Å²) in [6, 6.07) is 17.8. The largest absolute Gasteiger partial charge is 0.346 e. The van der Waals surface area contributed by atoms with E-state index in [2.05, 4.69) is 20.6 Å². The lowest BCUT2D eigenvalue weighted by atomic mass is 10.1. The summed E-state index contributed by atoms with van der Waals surface area (Å²) >= 11 is 0. The highest BCUT2D eigenvalue weighted by Crippen LogP contribution is 2.25. The number of amides is 1. The minimum absolute atomic E-state index is 0.189. The van der Waals surface area contributed by atoms with Gasteiger partial charge in [-0.25, -0.2) is 9.07 Å². The van der Waals surface area contributed by atoms with Gasteiger partial charge in [0.1, 0.15) is 11.5 Å². The molecule has 2 aromatic heterocycles. The van der Waals surface area contributed by atoms with Crippen LogP contribution in [-0.4, -0.2) is 25.9 Å². The average molecular weight is 387 g/mol. The van der Waals surface area contributed by atoms with Gasteiger partial charge in [0.05, 0.1) is 5.69 Å². The van der Waals surface area contributed by atoms with Crippen molar-refractivity contribution in [2.75, 3.05) is 0 Å².